The fraction of sp³-hybridized carbons (Fsp3) is 0.500. The lowest BCUT2D eigenvalue weighted by atomic mass is 9.82. The van der Waals surface area contributed by atoms with E-state index in [-0.39, 0.29) is 11.5 Å². The van der Waals surface area contributed by atoms with Crippen LogP contribution in [0.15, 0.2) is 41.3 Å². The molecule has 140 valence electrons. The van der Waals surface area contributed by atoms with Gasteiger partial charge in [-0.2, -0.15) is 4.98 Å². The van der Waals surface area contributed by atoms with Crippen molar-refractivity contribution < 1.29 is 0 Å². The largest absolute Gasteiger partial charge is 0.383 e. The van der Waals surface area contributed by atoms with Crippen LogP contribution in [0.4, 0.5) is 5.82 Å². The summed E-state index contributed by atoms with van der Waals surface area (Å²) in [4.78, 5) is 18.3. The van der Waals surface area contributed by atoms with Crippen molar-refractivity contribution in [1.29, 1.82) is 0 Å². The fourth-order valence-corrected chi connectivity index (χ4v) is 3.83. The molecule has 1 unspecified atom stereocenters. The molecule has 1 aliphatic rings. The molecule has 1 fully saturated rings. The topological polar surface area (TPSA) is 90.2 Å². The van der Waals surface area contributed by atoms with Gasteiger partial charge < -0.3 is 11.5 Å². The van der Waals surface area contributed by atoms with Gasteiger partial charge >= 0.3 is 5.69 Å². The van der Waals surface area contributed by atoms with Crippen molar-refractivity contribution in [2.45, 2.75) is 51.7 Å². The Labute approximate surface area is 154 Å². The predicted octanol–water partition coefficient (Wildman–Crippen LogP) is 2.15. The Kier molecular flexibility index (Phi) is 5.74. The average molecular weight is 355 g/mol. The molecule has 0 bridgehead atoms. The highest BCUT2D eigenvalue weighted by atomic mass is 16.1. The molecule has 2 aromatic rings. The van der Waals surface area contributed by atoms with E-state index in [0.29, 0.717) is 18.0 Å². The van der Waals surface area contributed by atoms with Crippen molar-refractivity contribution in [3.8, 4) is 5.69 Å². The lowest BCUT2D eigenvalue weighted by molar-refractivity contribution is 0.123. The first-order chi connectivity index (χ1) is 12.5. The van der Waals surface area contributed by atoms with Gasteiger partial charge in [0.2, 0.25) is 0 Å². The minimum atomic E-state index is -0.361. The summed E-state index contributed by atoms with van der Waals surface area (Å²) in [5, 5.41) is 0. The highest BCUT2D eigenvalue weighted by molar-refractivity contribution is 5.36. The normalized spacial score (nSPS) is 23.3. The second kappa shape index (κ2) is 8.01. The Hall–Kier alpha value is -2.18. The third kappa shape index (κ3) is 4.14. The minimum absolute atomic E-state index is 0.239. The smallest absolute Gasteiger partial charge is 0.354 e. The maximum absolute atomic E-state index is 12.0. The van der Waals surface area contributed by atoms with E-state index in [1.807, 2.05) is 12.1 Å². The Balaban J connectivity index is 1.71. The van der Waals surface area contributed by atoms with E-state index in [0.717, 1.165) is 25.2 Å². The number of anilines is 1. The van der Waals surface area contributed by atoms with Gasteiger partial charge in [-0.3, -0.25) is 9.47 Å². The highest BCUT2D eigenvalue weighted by Crippen LogP contribution is 2.27. The van der Waals surface area contributed by atoms with Crippen LogP contribution in [0.5, 0.6) is 0 Å². The molecule has 1 aliphatic carbocycles. The van der Waals surface area contributed by atoms with E-state index in [1.165, 1.54) is 23.0 Å². The number of hydrogen-bond donors (Lipinski definition) is 2. The third-order valence-electron chi connectivity index (χ3n) is 5.56. The first-order valence-electron chi connectivity index (χ1n) is 9.42. The first-order valence-corrected chi connectivity index (χ1v) is 9.42. The lowest BCUT2D eigenvalue weighted by Crippen LogP contribution is -2.44. The van der Waals surface area contributed by atoms with Gasteiger partial charge in [0.05, 0.1) is 5.69 Å². The molecule has 0 saturated heterocycles. The van der Waals surface area contributed by atoms with Crippen molar-refractivity contribution in [3.05, 3.63) is 52.6 Å². The van der Waals surface area contributed by atoms with E-state index in [4.69, 9.17) is 11.5 Å². The van der Waals surface area contributed by atoms with Gasteiger partial charge in [-0.05, 0) is 55.5 Å². The zero-order valence-corrected chi connectivity index (χ0v) is 15.6. The molecule has 0 aliphatic heterocycles. The van der Waals surface area contributed by atoms with Gasteiger partial charge in [0.15, 0.2) is 0 Å². The number of aromatic nitrogens is 2. The van der Waals surface area contributed by atoms with Crippen LogP contribution in [0, 0.1) is 5.92 Å². The van der Waals surface area contributed by atoms with Crippen LogP contribution in [-0.4, -0.2) is 33.1 Å². The Morgan fingerprint density at radius 2 is 1.96 bits per heavy atom. The van der Waals surface area contributed by atoms with Gasteiger partial charge in [0.25, 0.3) is 0 Å². The number of nitrogens with two attached hydrogens (primary N) is 2. The molecule has 0 amide bonds. The van der Waals surface area contributed by atoms with Crippen molar-refractivity contribution in [3.63, 3.8) is 0 Å². The molecular formula is C20H29N5O. The molecule has 0 radical (unpaired) electrons. The standard InChI is InChI=1S/C20H29N5O/c1-3-24(17-8-9-18(21)14(2)12-17)13-15-4-6-16(7-5-15)25-11-10-19(22)23-20(25)26/h4-7,10-11,14,17-18H,3,8-9,12-13,21H2,1-2H3,(H2,22,23,26)/t14?,17-,18-/m0/s1. The maximum atomic E-state index is 12.0. The molecule has 1 aromatic carbocycles. The predicted molar refractivity (Wildman–Crippen MR) is 105 cm³/mol. The number of nitrogen functional groups attached to an aromatic ring is 1. The molecule has 1 saturated carbocycles. The summed E-state index contributed by atoms with van der Waals surface area (Å²) in [5.41, 5.74) is 13.4. The van der Waals surface area contributed by atoms with Gasteiger partial charge in [-0.25, -0.2) is 4.79 Å². The Morgan fingerprint density at radius 1 is 1.23 bits per heavy atom. The second-order valence-corrected chi connectivity index (χ2v) is 7.34. The zero-order valence-electron chi connectivity index (χ0n) is 15.6. The summed E-state index contributed by atoms with van der Waals surface area (Å²) in [6, 6.07) is 10.7. The summed E-state index contributed by atoms with van der Waals surface area (Å²) < 4.78 is 1.50. The van der Waals surface area contributed by atoms with Gasteiger partial charge in [-0.1, -0.05) is 26.0 Å². The lowest BCUT2D eigenvalue weighted by Gasteiger charge is -2.38. The van der Waals surface area contributed by atoms with Crippen molar-refractivity contribution in [1.82, 2.24) is 14.5 Å². The van der Waals surface area contributed by atoms with Crippen molar-refractivity contribution in [2.75, 3.05) is 12.3 Å². The summed E-state index contributed by atoms with van der Waals surface area (Å²) in [6.45, 7) is 6.42. The second-order valence-electron chi connectivity index (χ2n) is 7.34. The molecule has 3 atom stereocenters. The van der Waals surface area contributed by atoms with E-state index in [2.05, 4.69) is 35.9 Å². The van der Waals surface area contributed by atoms with E-state index in [1.54, 1.807) is 12.3 Å². The maximum Gasteiger partial charge on any atom is 0.354 e. The molecular weight excluding hydrogens is 326 g/mol. The van der Waals surface area contributed by atoms with Crippen LogP contribution in [0.25, 0.3) is 5.69 Å². The fourth-order valence-electron chi connectivity index (χ4n) is 3.83. The number of nitrogens with zero attached hydrogens (tertiary/aromatic N) is 3. The molecule has 0 spiro atoms. The quantitative estimate of drug-likeness (QED) is 0.858. The molecule has 1 aromatic heterocycles. The molecule has 3 rings (SSSR count). The van der Waals surface area contributed by atoms with Gasteiger partial charge in [0, 0.05) is 24.8 Å². The van der Waals surface area contributed by atoms with E-state index >= 15 is 0 Å². The summed E-state index contributed by atoms with van der Waals surface area (Å²) in [5.74, 6) is 0.818. The summed E-state index contributed by atoms with van der Waals surface area (Å²) in [6.07, 6.45) is 5.10. The van der Waals surface area contributed by atoms with E-state index < -0.39 is 0 Å². The number of rotatable bonds is 5. The average Bonchev–Trinajstić information content (AvgIpc) is 2.63. The monoisotopic (exact) mass is 355 g/mol. The van der Waals surface area contributed by atoms with Crippen molar-refractivity contribution >= 4 is 5.82 Å². The number of hydrogen-bond acceptors (Lipinski definition) is 5. The van der Waals surface area contributed by atoms with Crippen LogP contribution in [-0.2, 0) is 6.54 Å². The Morgan fingerprint density at radius 3 is 2.58 bits per heavy atom. The molecule has 1 heterocycles. The minimum Gasteiger partial charge on any atom is -0.383 e. The SMILES string of the molecule is CCN(Cc1ccc(-n2ccc(N)nc2=O)cc1)[C@H]1CC[C@H](N)C(C)C1. The molecule has 6 nitrogen and oxygen atoms in total. The first kappa shape index (κ1) is 18.6. The van der Waals surface area contributed by atoms with Crippen LogP contribution in [0.3, 0.4) is 0 Å². The third-order valence-corrected chi connectivity index (χ3v) is 5.56. The Bertz CT molecular complexity index is 786. The van der Waals surface area contributed by atoms with E-state index in [9.17, 15) is 4.79 Å². The molecule has 6 heteroatoms. The van der Waals surface area contributed by atoms with Crippen LogP contribution in [0.2, 0.25) is 0 Å². The van der Waals surface area contributed by atoms with Gasteiger partial charge in [-0.15, -0.1) is 0 Å². The van der Waals surface area contributed by atoms with Gasteiger partial charge in [0.1, 0.15) is 5.82 Å². The molecule has 26 heavy (non-hydrogen) atoms. The van der Waals surface area contributed by atoms with Crippen LogP contribution >= 0.6 is 0 Å². The van der Waals surface area contributed by atoms with Crippen LogP contribution < -0.4 is 17.2 Å². The summed E-state index contributed by atoms with van der Waals surface area (Å²) in [7, 11) is 0. The zero-order chi connectivity index (χ0) is 18.7. The van der Waals surface area contributed by atoms with Crippen molar-refractivity contribution in [2.24, 2.45) is 11.7 Å². The number of benzene rings is 1. The van der Waals surface area contributed by atoms with Crippen LogP contribution in [0.1, 0.15) is 38.7 Å². The summed E-state index contributed by atoms with van der Waals surface area (Å²) >= 11 is 0. The molecule has 4 N–H and O–H groups in total. The highest BCUT2D eigenvalue weighted by Gasteiger charge is 2.28.